The van der Waals surface area contributed by atoms with Crippen molar-refractivity contribution >= 4 is 11.9 Å². The lowest BCUT2D eigenvalue weighted by molar-refractivity contribution is -0.276. The van der Waals surface area contributed by atoms with E-state index < -0.39 is 18.4 Å². The standard InChI is InChI=1S/C36H44N2O7/c1-23-33(20-38-17-5-8-32(38)22-40)44-36(45-34(23)29-11-9-26(21-39)10-12-29)30-15-13-28(14-16-30)31-7-4-6-27(18-31)19-37-35(42)24(2)43-25(3)41/h4,6-7,9-16,18,23-24,32-34,36,39-40H,5,8,17,19-22H2,1-3H3,(H,37,42)/t23-,24-,32-,33+,34+,36+/m0/s1. The second kappa shape index (κ2) is 15.1. The van der Waals surface area contributed by atoms with E-state index in [0.29, 0.717) is 6.54 Å². The number of amides is 1. The summed E-state index contributed by atoms with van der Waals surface area (Å²) in [6.07, 6.45) is 0.335. The largest absolute Gasteiger partial charge is 0.453 e. The Morgan fingerprint density at radius 2 is 1.71 bits per heavy atom. The van der Waals surface area contributed by atoms with E-state index in [1.54, 1.807) is 6.92 Å². The van der Waals surface area contributed by atoms with Crippen LogP contribution in [-0.2, 0) is 37.0 Å². The second-order valence-corrected chi connectivity index (χ2v) is 12.1. The SMILES string of the molecule is CC(=O)O[C@@H](C)C(=O)NCc1cccc(-c2ccc([C@@H]3O[C@H](CN4CCC[C@H]4CO)[C@H](C)[C@H](c4ccc(CO)cc4)O3)cc2)c1. The van der Waals surface area contributed by atoms with Crippen molar-refractivity contribution in [1.82, 2.24) is 10.2 Å². The molecule has 240 valence electrons. The lowest BCUT2D eigenvalue weighted by Gasteiger charge is -2.43. The minimum atomic E-state index is -0.851. The summed E-state index contributed by atoms with van der Waals surface area (Å²) in [4.78, 5) is 25.8. The van der Waals surface area contributed by atoms with Gasteiger partial charge in [-0.3, -0.25) is 14.5 Å². The number of ether oxygens (including phenoxy) is 3. The summed E-state index contributed by atoms with van der Waals surface area (Å²) in [6.45, 7) is 7.11. The molecule has 2 aliphatic rings. The summed E-state index contributed by atoms with van der Waals surface area (Å²) >= 11 is 0. The first kappa shape index (κ1) is 32.8. The fraction of sp³-hybridized carbons (Fsp3) is 0.444. The maximum atomic E-state index is 12.3. The van der Waals surface area contributed by atoms with E-state index in [9.17, 15) is 19.8 Å². The number of carbonyl (C=O) groups excluding carboxylic acids is 2. The van der Waals surface area contributed by atoms with Crippen LogP contribution in [0.3, 0.4) is 0 Å². The fourth-order valence-electron chi connectivity index (χ4n) is 6.23. The predicted octanol–water partition coefficient (Wildman–Crippen LogP) is 4.66. The summed E-state index contributed by atoms with van der Waals surface area (Å²) in [5.74, 6) is -0.772. The van der Waals surface area contributed by atoms with Crippen LogP contribution in [-0.4, -0.2) is 64.9 Å². The molecule has 3 aromatic rings. The predicted molar refractivity (Wildman–Crippen MR) is 170 cm³/mol. The van der Waals surface area contributed by atoms with Crippen molar-refractivity contribution in [2.24, 2.45) is 5.92 Å². The average molecular weight is 617 g/mol. The smallest absolute Gasteiger partial charge is 0.303 e. The molecule has 0 radical (unpaired) electrons. The summed E-state index contributed by atoms with van der Waals surface area (Å²) in [6, 6.07) is 24.1. The number of aliphatic hydroxyl groups excluding tert-OH is 2. The lowest BCUT2D eigenvalue weighted by atomic mass is 9.89. The number of carbonyl (C=O) groups is 2. The van der Waals surface area contributed by atoms with Crippen LogP contribution >= 0.6 is 0 Å². The molecule has 5 rings (SSSR count). The quantitative estimate of drug-likeness (QED) is 0.267. The minimum Gasteiger partial charge on any atom is -0.453 e. The maximum Gasteiger partial charge on any atom is 0.303 e. The van der Waals surface area contributed by atoms with E-state index in [-0.39, 0.29) is 43.3 Å². The van der Waals surface area contributed by atoms with Crippen LogP contribution in [0.4, 0.5) is 0 Å². The van der Waals surface area contributed by atoms with Gasteiger partial charge in [0.15, 0.2) is 12.4 Å². The van der Waals surface area contributed by atoms with Gasteiger partial charge < -0.3 is 29.7 Å². The van der Waals surface area contributed by atoms with Gasteiger partial charge in [-0.25, -0.2) is 0 Å². The maximum absolute atomic E-state index is 12.3. The van der Waals surface area contributed by atoms with Gasteiger partial charge in [-0.2, -0.15) is 0 Å². The summed E-state index contributed by atoms with van der Waals surface area (Å²) < 4.78 is 18.2. The van der Waals surface area contributed by atoms with Gasteiger partial charge in [-0.05, 0) is 60.2 Å². The molecule has 2 saturated heterocycles. The van der Waals surface area contributed by atoms with E-state index in [4.69, 9.17) is 14.2 Å². The number of nitrogens with one attached hydrogen (secondary N) is 1. The molecule has 0 saturated carbocycles. The highest BCUT2D eigenvalue weighted by Crippen LogP contribution is 2.42. The molecule has 45 heavy (non-hydrogen) atoms. The van der Waals surface area contributed by atoms with Crippen molar-refractivity contribution in [3.05, 3.63) is 95.1 Å². The van der Waals surface area contributed by atoms with Gasteiger partial charge in [0, 0.05) is 37.5 Å². The number of hydrogen-bond acceptors (Lipinski definition) is 8. The average Bonchev–Trinajstić information content (AvgIpc) is 3.51. The topological polar surface area (TPSA) is 118 Å². The lowest BCUT2D eigenvalue weighted by Crippen LogP contribution is -2.46. The number of esters is 1. The summed E-state index contributed by atoms with van der Waals surface area (Å²) in [5, 5.41) is 22.3. The first-order chi connectivity index (χ1) is 21.7. The van der Waals surface area contributed by atoms with Gasteiger partial charge in [0.1, 0.15) is 0 Å². The van der Waals surface area contributed by atoms with E-state index in [1.165, 1.54) is 6.92 Å². The molecule has 0 bridgehead atoms. The molecule has 0 unspecified atom stereocenters. The van der Waals surface area contributed by atoms with Crippen LogP contribution in [0.5, 0.6) is 0 Å². The normalized spacial score (nSPS) is 24.2. The number of hydrogen-bond donors (Lipinski definition) is 3. The zero-order chi connectivity index (χ0) is 31.9. The number of aliphatic hydroxyl groups is 2. The van der Waals surface area contributed by atoms with Crippen molar-refractivity contribution in [3.8, 4) is 11.1 Å². The Morgan fingerprint density at radius 3 is 2.40 bits per heavy atom. The first-order valence-corrected chi connectivity index (χ1v) is 15.8. The fourth-order valence-corrected chi connectivity index (χ4v) is 6.23. The molecule has 9 heteroatoms. The minimum absolute atomic E-state index is 0.00753. The van der Waals surface area contributed by atoms with Crippen LogP contribution in [0.25, 0.3) is 11.1 Å². The van der Waals surface area contributed by atoms with Crippen LogP contribution in [0.1, 0.15) is 68.3 Å². The Kier molecular flexibility index (Phi) is 11.0. The van der Waals surface area contributed by atoms with Gasteiger partial charge >= 0.3 is 5.97 Å². The summed E-state index contributed by atoms with van der Waals surface area (Å²) in [7, 11) is 0. The van der Waals surface area contributed by atoms with E-state index in [1.807, 2.05) is 72.8 Å². The highest BCUT2D eigenvalue weighted by atomic mass is 16.7. The van der Waals surface area contributed by atoms with E-state index >= 15 is 0 Å². The van der Waals surface area contributed by atoms with E-state index in [0.717, 1.165) is 59.3 Å². The third-order valence-corrected chi connectivity index (χ3v) is 8.87. The molecule has 2 fully saturated rings. The van der Waals surface area contributed by atoms with Crippen LogP contribution in [0.2, 0.25) is 0 Å². The summed E-state index contributed by atoms with van der Waals surface area (Å²) in [5.41, 5.74) is 5.75. The third-order valence-electron chi connectivity index (χ3n) is 8.87. The molecule has 1 amide bonds. The molecule has 0 spiro atoms. The van der Waals surface area contributed by atoms with Crippen molar-refractivity contribution in [1.29, 1.82) is 0 Å². The number of rotatable bonds is 11. The van der Waals surface area contributed by atoms with Gasteiger partial charge in [0.05, 0.1) is 25.4 Å². The Labute approximate surface area is 265 Å². The van der Waals surface area contributed by atoms with Crippen molar-refractivity contribution in [2.75, 3.05) is 19.7 Å². The molecule has 9 nitrogen and oxygen atoms in total. The molecule has 6 atom stereocenters. The number of nitrogens with zero attached hydrogens (tertiary/aromatic N) is 1. The van der Waals surface area contributed by atoms with Gasteiger partial charge in [0.25, 0.3) is 5.91 Å². The molecule has 2 heterocycles. The zero-order valence-corrected chi connectivity index (χ0v) is 26.2. The highest BCUT2D eigenvalue weighted by Gasteiger charge is 2.40. The van der Waals surface area contributed by atoms with Gasteiger partial charge in [-0.1, -0.05) is 73.7 Å². The Balaban J connectivity index is 1.31. The van der Waals surface area contributed by atoms with E-state index in [2.05, 4.69) is 17.1 Å². The number of likely N-dealkylation sites (tertiary alicyclic amines) is 1. The molecule has 0 aliphatic carbocycles. The van der Waals surface area contributed by atoms with Gasteiger partial charge in [-0.15, -0.1) is 0 Å². The molecule has 0 aromatic heterocycles. The Morgan fingerprint density at radius 1 is 0.978 bits per heavy atom. The van der Waals surface area contributed by atoms with Crippen LogP contribution < -0.4 is 5.32 Å². The van der Waals surface area contributed by atoms with Crippen molar-refractivity contribution in [3.63, 3.8) is 0 Å². The molecule has 2 aliphatic heterocycles. The monoisotopic (exact) mass is 616 g/mol. The zero-order valence-electron chi connectivity index (χ0n) is 26.2. The third kappa shape index (κ3) is 8.17. The second-order valence-electron chi connectivity index (χ2n) is 12.1. The van der Waals surface area contributed by atoms with Crippen LogP contribution in [0, 0.1) is 5.92 Å². The Hall–Kier alpha value is -3.60. The molecular formula is C36H44N2O7. The number of benzene rings is 3. The molecule has 3 N–H and O–H groups in total. The van der Waals surface area contributed by atoms with Crippen LogP contribution in [0.15, 0.2) is 72.8 Å². The van der Waals surface area contributed by atoms with Crippen molar-refractivity contribution < 1.29 is 34.0 Å². The van der Waals surface area contributed by atoms with Gasteiger partial charge in [0.2, 0.25) is 0 Å². The Bertz CT molecular complexity index is 1430. The molecular weight excluding hydrogens is 572 g/mol. The highest BCUT2D eigenvalue weighted by molar-refractivity contribution is 5.82. The first-order valence-electron chi connectivity index (χ1n) is 15.8. The van der Waals surface area contributed by atoms with Crippen molar-refractivity contribution in [2.45, 2.75) is 77.4 Å². The molecule has 3 aromatic carbocycles.